The Kier molecular flexibility index (Phi) is 12.4. The van der Waals surface area contributed by atoms with Crippen LogP contribution in [-0.4, -0.2) is 63.3 Å². The van der Waals surface area contributed by atoms with Crippen LogP contribution in [0.2, 0.25) is 0 Å². The minimum Gasteiger partial charge on any atom is -0.383 e. The largest absolute Gasteiger partial charge is 0.383 e. The summed E-state index contributed by atoms with van der Waals surface area (Å²) in [4.78, 5) is 7.27. The molecule has 2 N–H and O–H groups in total. The van der Waals surface area contributed by atoms with Crippen molar-refractivity contribution in [1.29, 1.82) is 0 Å². The molecule has 0 aliphatic carbocycles. The van der Waals surface area contributed by atoms with E-state index in [1.165, 1.54) is 25.9 Å². The third-order valence-corrected chi connectivity index (χ3v) is 3.70. The fourth-order valence-electron chi connectivity index (χ4n) is 2.65. The van der Waals surface area contributed by atoms with Gasteiger partial charge in [-0.15, -0.1) is 24.0 Å². The zero-order chi connectivity index (χ0) is 14.8. The maximum Gasteiger partial charge on any atom is 0.191 e. The lowest BCUT2D eigenvalue weighted by molar-refractivity contribution is 0.178. The number of likely N-dealkylation sites (tertiary alicyclic amines) is 1. The summed E-state index contributed by atoms with van der Waals surface area (Å²) in [5.74, 6) is 1.60. The van der Waals surface area contributed by atoms with Crippen LogP contribution in [0.4, 0.5) is 0 Å². The number of aliphatic imine (C=N–C) groups is 1. The molecular weight excluding hydrogens is 379 g/mol. The first-order chi connectivity index (χ1) is 9.69. The van der Waals surface area contributed by atoms with Gasteiger partial charge in [0.15, 0.2) is 5.96 Å². The van der Waals surface area contributed by atoms with Crippen LogP contribution < -0.4 is 10.6 Å². The first-order valence-corrected chi connectivity index (χ1v) is 7.95. The van der Waals surface area contributed by atoms with Gasteiger partial charge in [-0.1, -0.05) is 6.92 Å². The second-order valence-electron chi connectivity index (χ2n) is 5.62. The standard InChI is InChI=1S/C15H32N4O.HI/c1-5-16-15(18-13(3)12-20-4)17-10-14-8-7-9-19(6-2)11-14;/h13-14H,5-12H2,1-4H3,(H2,16,17,18);1H. The SMILES string of the molecule is CCNC(=NCC1CCCN(CC)C1)NC(C)COC.I. The summed E-state index contributed by atoms with van der Waals surface area (Å²) in [7, 11) is 1.73. The van der Waals surface area contributed by atoms with Crippen molar-refractivity contribution < 1.29 is 4.74 Å². The molecular formula is C15H33IN4O. The van der Waals surface area contributed by atoms with Gasteiger partial charge >= 0.3 is 0 Å². The molecule has 1 heterocycles. The second-order valence-corrected chi connectivity index (χ2v) is 5.62. The van der Waals surface area contributed by atoms with E-state index in [4.69, 9.17) is 9.73 Å². The van der Waals surface area contributed by atoms with E-state index in [0.717, 1.165) is 25.6 Å². The lowest BCUT2D eigenvalue weighted by Crippen LogP contribution is -2.44. The monoisotopic (exact) mass is 412 g/mol. The van der Waals surface area contributed by atoms with Crippen molar-refractivity contribution >= 4 is 29.9 Å². The summed E-state index contributed by atoms with van der Waals surface area (Å²) in [5, 5.41) is 6.69. The second kappa shape index (κ2) is 12.5. The Hall–Kier alpha value is -0.0800. The number of ether oxygens (including phenoxy) is 1. The predicted molar refractivity (Wildman–Crippen MR) is 101 cm³/mol. The van der Waals surface area contributed by atoms with Crippen LogP contribution in [0, 0.1) is 5.92 Å². The molecule has 2 unspecified atom stereocenters. The van der Waals surface area contributed by atoms with E-state index in [9.17, 15) is 0 Å². The van der Waals surface area contributed by atoms with E-state index in [-0.39, 0.29) is 30.0 Å². The molecule has 1 aliphatic rings. The van der Waals surface area contributed by atoms with Gasteiger partial charge in [0.2, 0.25) is 0 Å². The molecule has 1 rings (SSSR count). The van der Waals surface area contributed by atoms with Gasteiger partial charge in [-0.05, 0) is 45.7 Å². The molecule has 6 heteroatoms. The molecule has 0 aromatic heterocycles. The summed E-state index contributed by atoms with van der Waals surface area (Å²) in [6, 6.07) is 0.274. The molecule has 0 saturated carbocycles. The highest BCUT2D eigenvalue weighted by Gasteiger charge is 2.18. The van der Waals surface area contributed by atoms with Gasteiger partial charge in [0.05, 0.1) is 6.61 Å². The molecule has 126 valence electrons. The fraction of sp³-hybridized carbons (Fsp3) is 0.933. The highest BCUT2D eigenvalue weighted by atomic mass is 127. The molecule has 0 aromatic carbocycles. The van der Waals surface area contributed by atoms with Crippen LogP contribution in [0.15, 0.2) is 4.99 Å². The zero-order valence-electron chi connectivity index (χ0n) is 14.0. The quantitative estimate of drug-likeness (QED) is 0.381. The van der Waals surface area contributed by atoms with Gasteiger partial charge in [-0.3, -0.25) is 4.99 Å². The van der Waals surface area contributed by atoms with Crippen LogP contribution in [0.25, 0.3) is 0 Å². The fourth-order valence-corrected chi connectivity index (χ4v) is 2.65. The van der Waals surface area contributed by atoms with E-state index in [1.54, 1.807) is 7.11 Å². The van der Waals surface area contributed by atoms with Gasteiger partial charge < -0.3 is 20.3 Å². The topological polar surface area (TPSA) is 48.9 Å². The van der Waals surface area contributed by atoms with Crippen molar-refractivity contribution in [2.45, 2.75) is 39.7 Å². The summed E-state index contributed by atoms with van der Waals surface area (Å²) in [6.07, 6.45) is 2.60. The molecule has 5 nitrogen and oxygen atoms in total. The summed E-state index contributed by atoms with van der Waals surface area (Å²) in [6.45, 7) is 12.5. The van der Waals surface area contributed by atoms with Crippen molar-refractivity contribution in [3.8, 4) is 0 Å². The van der Waals surface area contributed by atoms with Gasteiger partial charge in [-0.25, -0.2) is 0 Å². The number of nitrogens with zero attached hydrogens (tertiary/aromatic N) is 2. The van der Waals surface area contributed by atoms with E-state index < -0.39 is 0 Å². The number of hydrogen-bond donors (Lipinski definition) is 2. The molecule has 0 bridgehead atoms. The number of hydrogen-bond acceptors (Lipinski definition) is 3. The first-order valence-electron chi connectivity index (χ1n) is 7.95. The van der Waals surface area contributed by atoms with Gasteiger partial charge in [-0.2, -0.15) is 0 Å². The molecule has 2 atom stereocenters. The number of piperidine rings is 1. The number of methoxy groups -OCH3 is 1. The zero-order valence-corrected chi connectivity index (χ0v) is 16.4. The highest BCUT2D eigenvalue weighted by molar-refractivity contribution is 14.0. The third-order valence-electron chi connectivity index (χ3n) is 3.70. The molecule has 1 fully saturated rings. The first kappa shape index (κ1) is 20.9. The molecule has 0 radical (unpaired) electrons. The van der Waals surface area contributed by atoms with Crippen molar-refractivity contribution in [3.05, 3.63) is 0 Å². The van der Waals surface area contributed by atoms with Crippen molar-refractivity contribution in [1.82, 2.24) is 15.5 Å². The van der Waals surface area contributed by atoms with Crippen LogP contribution in [0.5, 0.6) is 0 Å². The van der Waals surface area contributed by atoms with Gasteiger partial charge in [0.1, 0.15) is 0 Å². The molecule has 1 aliphatic heterocycles. The number of rotatable bonds is 7. The van der Waals surface area contributed by atoms with Crippen LogP contribution in [0.3, 0.4) is 0 Å². The Balaban J connectivity index is 0.00000400. The Morgan fingerprint density at radius 1 is 1.43 bits per heavy atom. The average molecular weight is 412 g/mol. The molecule has 0 amide bonds. The van der Waals surface area contributed by atoms with Crippen molar-refractivity contribution in [3.63, 3.8) is 0 Å². The van der Waals surface area contributed by atoms with Crippen LogP contribution in [-0.2, 0) is 4.74 Å². The van der Waals surface area contributed by atoms with E-state index >= 15 is 0 Å². The Labute approximate surface area is 147 Å². The lowest BCUT2D eigenvalue weighted by atomic mass is 9.98. The molecule has 0 spiro atoms. The maximum absolute atomic E-state index is 5.15. The summed E-state index contributed by atoms with van der Waals surface area (Å²) in [5.41, 5.74) is 0. The van der Waals surface area contributed by atoms with E-state index in [1.807, 2.05) is 0 Å². The normalized spacial score (nSPS) is 21.5. The van der Waals surface area contributed by atoms with Gasteiger partial charge in [0, 0.05) is 32.8 Å². The summed E-state index contributed by atoms with van der Waals surface area (Å²) >= 11 is 0. The highest BCUT2D eigenvalue weighted by Crippen LogP contribution is 2.16. The van der Waals surface area contributed by atoms with Crippen LogP contribution in [0.1, 0.15) is 33.6 Å². The molecule has 0 aromatic rings. The Morgan fingerprint density at radius 2 is 2.19 bits per heavy atom. The number of nitrogens with one attached hydrogen (secondary N) is 2. The number of guanidine groups is 1. The lowest BCUT2D eigenvalue weighted by Gasteiger charge is -2.31. The molecule has 1 saturated heterocycles. The van der Waals surface area contributed by atoms with Gasteiger partial charge in [0.25, 0.3) is 0 Å². The average Bonchev–Trinajstić information content (AvgIpc) is 2.45. The maximum atomic E-state index is 5.15. The minimum atomic E-state index is 0. The smallest absolute Gasteiger partial charge is 0.191 e. The Morgan fingerprint density at radius 3 is 2.81 bits per heavy atom. The molecule has 21 heavy (non-hydrogen) atoms. The van der Waals surface area contributed by atoms with Crippen molar-refractivity contribution in [2.75, 3.05) is 46.4 Å². The van der Waals surface area contributed by atoms with E-state index in [0.29, 0.717) is 12.5 Å². The Bertz CT molecular complexity index is 289. The summed E-state index contributed by atoms with van der Waals surface area (Å²) < 4.78 is 5.15. The third kappa shape index (κ3) is 8.83. The predicted octanol–water partition coefficient (Wildman–Crippen LogP) is 1.93. The van der Waals surface area contributed by atoms with Crippen molar-refractivity contribution in [2.24, 2.45) is 10.9 Å². The van der Waals surface area contributed by atoms with Crippen LogP contribution >= 0.6 is 24.0 Å². The minimum absolute atomic E-state index is 0. The van der Waals surface area contributed by atoms with E-state index in [2.05, 4.69) is 36.3 Å². The number of halogens is 1.